The van der Waals surface area contributed by atoms with Gasteiger partial charge in [-0.1, -0.05) is 18.2 Å². The van der Waals surface area contributed by atoms with E-state index in [1.54, 1.807) is 0 Å². The number of rotatable bonds is 3. The van der Waals surface area contributed by atoms with E-state index >= 15 is 0 Å². The highest BCUT2D eigenvalue weighted by atomic mass is 35.5. The average molecular weight is 364 g/mol. The lowest BCUT2D eigenvalue weighted by Crippen LogP contribution is -2.46. The number of carbonyl (C=O) groups excluding carboxylic acids is 1. The van der Waals surface area contributed by atoms with E-state index in [2.05, 4.69) is 39.5 Å². The highest BCUT2D eigenvalue weighted by Gasteiger charge is 2.30. The molecular formula is C19H26ClN3O2. The van der Waals surface area contributed by atoms with Gasteiger partial charge in [0.05, 0.1) is 19.3 Å². The number of morpholine rings is 1. The van der Waals surface area contributed by atoms with Crippen LogP contribution in [0.3, 0.4) is 0 Å². The van der Waals surface area contributed by atoms with Gasteiger partial charge in [-0.15, -0.1) is 12.4 Å². The summed E-state index contributed by atoms with van der Waals surface area (Å²) >= 11 is 0. The van der Waals surface area contributed by atoms with Crippen LogP contribution in [0.1, 0.15) is 37.4 Å². The quantitative estimate of drug-likeness (QED) is 0.881. The van der Waals surface area contributed by atoms with Crippen molar-refractivity contribution >= 4 is 29.2 Å². The molecule has 2 aromatic rings. The number of aromatic nitrogens is 1. The lowest BCUT2D eigenvalue weighted by atomic mass is 9.98. The Morgan fingerprint density at radius 1 is 1.28 bits per heavy atom. The predicted molar refractivity (Wildman–Crippen MR) is 101 cm³/mol. The van der Waals surface area contributed by atoms with Gasteiger partial charge in [-0.05, 0) is 36.8 Å². The minimum absolute atomic E-state index is 0. The van der Waals surface area contributed by atoms with Crippen LogP contribution < -0.4 is 5.32 Å². The Labute approximate surface area is 154 Å². The van der Waals surface area contributed by atoms with Crippen LogP contribution in [0.4, 0.5) is 0 Å². The topological polar surface area (TPSA) is 57.4 Å². The number of ether oxygens (including phenoxy) is 1. The number of H-pyrrole nitrogens is 1. The van der Waals surface area contributed by atoms with Gasteiger partial charge in [-0.25, -0.2) is 0 Å². The van der Waals surface area contributed by atoms with Crippen LogP contribution in [-0.4, -0.2) is 48.1 Å². The third kappa shape index (κ3) is 4.00. The molecule has 0 radical (unpaired) electrons. The maximum atomic E-state index is 12.9. The number of hydrogen-bond donors (Lipinski definition) is 2. The smallest absolute Gasteiger partial charge is 0.224 e. The van der Waals surface area contributed by atoms with Crippen molar-refractivity contribution in [1.82, 2.24) is 15.2 Å². The maximum Gasteiger partial charge on any atom is 0.224 e. The summed E-state index contributed by atoms with van der Waals surface area (Å²) in [5, 5.41) is 4.60. The first kappa shape index (κ1) is 18.2. The Bertz CT molecular complexity index is 679. The first-order chi connectivity index (χ1) is 11.8. The third-order valence-electron chi connectivity index (χ3n) is 5.15. The van der Waals surface area contributed by atoms with E-state index < -0.39 is 0 Å². The largest absolute Gasteiger partial charge is 0.378 e. The molecule has 25 heavy (non-hydrogen) atoms. The number of nitrogens with one attached hydrogen (secondary N) is 2. The van der Waals surface area contributed by atoms with Gasteiger partial charge in [-0.3, -0.25) is 4.79 Å². The Morgan fingerprint density at radius 3 is 2.96 bits per heavy atom. The summed E-state index contributed by atoms with van der Waals surface area (Å²) in [6.45, 7) is 3.07. The highest BCUT2D eigenvalue weighted by Crippen LogP contribution is 2.32. The second-order valence-electron chi connectivity index (χ2n) is 6.84. The van der Waals surface area contributed by atoms with E-state index in [0.29, 0.717) is 13.0 Å². The molecule has 6 heteroatoms. The fraction of sp³-hybridized carbons (Fsp3) is 0.526. The van der Waals surface area contributed by atoms with Crippen molar-refractivity contribution in [3.8, 4) is 0 Å². The number of carbonyl (C=O) groups is 1. The Balaban J connectivity index is 0.00000182. The number of halogens is 1. The maximum absolute atomic E-state index is 12.9. The predicted octanol–water partition coefficient (Wildman–Crippen LogP) is 3.02. The van der Waals surface area contributed by atoms with Crippen molar-refractivity contribution in [3.05, 3.63) is 36.0 Å². The first-order valence-electron chi connectivity index (χ1n) is 8.99. The van der Waals surface area contributed by atoms with Gasteiger partial charge in [0.1, 0.15) is 0 Å². The summed E-state index contributed by atoms with van der Waals surface area (Å²) in [5.74, 6) is 0.237. The van der Waals surface area contributed by atoms with Gasteiger partial charge < -0.3 is 19.9 Å². The molecule has 0 bridgehead atoms. The zero-order valence-corrected chi connectivity index (χ0v) is 15.2. The van der Waals surface area contributed by atoms with Crippen LogP contribution in [-0.2, 0) is 9.53 Å². The Kier molecular flexibility index (Phi) is 5.99. The number of nitrogens with zero attached hydrogens (tertiary/aromatic N) is 1. The molecular weight excluding hydrogens is 338 g/mol. The molecule has 2 atom stereocenters. The van der Waals surface area contributed by atoms with Crippen molar-refractivity contribution < 1.29 is 9.53 Å². The molecule has 1 aromatic heterocycles. The van der Waals surface area contributed by atoms with Crippen molar-refractivity contribution in [2.24, 2.45) is 0 Å². The lowest BCUT2D eigenvalue weighted by molar-refractivity contribution is -0.136. The summed E-state index contributed by atoms with van der Waals surface area (Å²) in [6, 6.07) is 10.8. The Morgan fingerprint density at radius 2 is 2.16 bits per heavy atom. The van der Waals surface area contributed by atoms with Crippen LogP contribution in [0.5, 0.6) is 0 Å². The highest BCUT2D eigenvalue weighted by molar-refractivity contribution is 5.85. The molecule has 136 valence electrons. The van der Waals surface area contributed by atoms with E-state index in [4.69, 9.17) is 4.74 Å². The number of hydrogen-bond acceptors (Lipinski definition) is 3. The van der Waals surface area contributed by atoms with Gasteiger partial charge in [0.2, 0.25) is 5.91 Å². The SMILES string of the molecule is Cl.O=C(CC1COCCN1)N1CCCCC1c1cc2ccccc2[nH]1. The molecule has 3 heterocycles. The van der Waals surface area contributed by atoms with E-state index in [1.807, 2.05) is 6.07 Å². The lowest BCUT2D eigenvalue weighted by Gasteiger charge is -2.36. The van der Waals surface area contributed by atoms with Crippen molar-refractivity contribution in [1.29, 1.82) is 0 Å². The van der Waals surface area contributed by atoms with Crippen LogP contribution in [0, 0.1) is 0 Å². The molecule has 2 saturated heterocycles. The van der Waals surface area contributed by atoms with Gasteiger partial charge in [0, 0.05) is 36.8 Å². The fourth-order valence-electron chi connectivity index (χ4n) is 3.91. The minimum Gasteiger partial charge on any atom is -0.378 e. The van der Waals surface area contributed by atoms with Gasteiger partial charge in [-0.2, -0.15) is 0 Å². The van der Waals surface area contributed by atoms with Crippen molar-refractivity contribution in [2.75, 3.05) is 26.3 Å². The summed E-state index contributed by atoms with van der Waals surface area (Å²) in [5.41, 5.74) is 2.31. The van der Waals surface area contributed by atoms with Crippen LogP contribution in [0.15, 0.2) is 30.3 Å². The summed E-state index contributed by atoms with van der Waals surface area (Å²) in [6.07, 6.45) is 3.83. The molecule has 1 amide bonds. The molecule has 0 aliphatic carbocycles. The first-order valence-corrected chi connectivity index (χ1v) is 8.99. The molecule has 0 saturated carbocycles. The number of benzene rings is 1. The molecule has 1 aromatic carbocycles. The van der Waals surface area contributed by atoms with Gasteiger partial charge in [0.15, 0.2) is 0 Å². The van der Waals surface area contributed by atoms with E-state index in [9.17, 15) is 4.79 Å². The third-order valence-corrected chi connectivity index (χ3v) is 5.15. The van der Waals surface area contributed by atoms with Crippen LogP contribution in [0.25, 0.3) is 10.9 Å². The van der Waals surface area contributed by atoms with Gasteiger partial charge in [0.25, 0.3) is 0 Å². The van der Waals surface area contributed by atoms with E-state index in [-0.39, 0.29) is 30.4 Å². The average Bonchev–Trinajstić information content (AvgIpc) is 3.06. The fourth-order valence-corrected chi connectivity index (χ4v) is 3.91. The molecule has 2 unspecified atom stereocenters. The van der Waals surface area contributed by atoms with Gasteiger partial charge >= 0.3 is 0 Å². The Hall–Kier alpha value is -1.56. The molecule has 0 spiro atoms. The second kappa shape index (κ2) is 8.21. The van der Waals surface area contributed by atoms with Crippen LogP contribution >= 0.6 is 12.4 Å². The number of likely N-dealkylation sites (tertiary alicyclic amines) is 1. The normalized spacial score (nSPS) is 24.1. The number of piperidine rings is 1. The van der Waals surface area contributed by atoms with E-state index in [0.717, 1.165) is 43.7 Å². The molecule has 4 rings (SSSR count). The monoisotopic (exact) mass is 363 g/mol. The second-order valence-corrected chi connectivity index (χ2v) is 6.84. The zero-order chi connectivity index (χ0) is 16.4. The van der Waals surface area contributed by atoms with Crippen LogP contribution in [0.2, 0.25) is 0 Å². The molecule has 2 N–H and O–H groups in total. The standard InChI is InChI=1S/C19H25N3O2.ClH/c23-19(12-15-13-24-10-8-20-15)22-9-4-3-7-18(22)17-11-14-5-1-2-6-16(14)21-17;/h1-2,5-6,11,15,18,20-21H,3-4,7-10,12-13H2;1H. The zero-order valence-electron chi connectivity index (χ0n) is 14.4. The number of amides is 1. The molecule has 2 aliphatic heterocycles. The molecule has 2 aliphatic rings. The minimum atomic E-state index is 0. The van der Waals surface area contributed by atoms with E-state index in [1.165, 1.54) is 11.8 Å². The summed E-state index contributed by atoms with van der Waals surface area (Å²) in [7, 11) is 0. The number of aromatic amines is 1. The summed E-state index contributed by atoms with van der Waals surface area (Å²) in [4.78, 5) is 18.5. The number of fused-ring (bicyclic) bond motifs is 1. The molecule has 2 fully saturated rings. The van der Waals surface area contributed by atoms with Crippen molar-refractivity contribution in [2.45, 2.75) is 37.8 Å². The number of para-hydroxylation sites is 1. The van der Waals surface area contributed by atoms with Crippen molar-refractivity contribution in [3.63, 3.8) is 0 Å². The molecule has 5 nitrogen and oxygen atoms in total. The summed E-state index contributed by atoms with van der Waals surface area (Å²) < 4.78 is 5.48.